The summed E-state index contributed by atoms with van der Waals surface area (Å²) in [4.78, 5) is 12.0. The summed E-state index contributed by atoms with van der Waals surface area (Å²) in [7, 11) is 0. The Kier molecular flexibility index (Phi) is 7.19. The molecular weight excluding hydrogens is 293 g/mol. The Labute approximate surface area is 111 Å². The summed E-state index contributed by atoms with van der Waals surface area (Å²) in [6, 6.07) is 0. The van der Waals surface area contributed by atoms with Crippen molar-refractivity contribution in [2.24, 2.45) is 0 Å². The molecule has 0 atom stereocenters. The molecule has 9 heteroatoms. The molecule has 4 nitrogen and oxygen atoms in total. The van der Waals surface area contributed by atoms with Gasteiger partial charge < -0.3 is 15.2 Å². The van der Waals surface area contributed by atoms with Gasteiger partial charge in [-0.15, -0.1) is 11.3 Å². The molecule has 2 N–H and O–H groups in total. The number of carbonyl (C=O) groups is 1. The number of hydrogen-bond donors (Lipinski definition) is 1. The SMILES string of the molecule is CC[NH2+]CC.O=C([O-])c1sc(Cl)nc1C(F)(F)F. The van der Waals surface area contributed by atoms with Crippen LogP contribution in [0.4, 0.5) is 13.2 Å². The average Bonchev–Trinajstić information content (AvgIpc) is 2.62. The Morgan fingerprint density at radius 3 is 2.17 bits per heavy atom. The number of rotatable bonds is 3. The standard InChI is InChI=1S/C5HClF3NO2S.C4H11N/c6-4-10-2(5(7,8)9)1(13-4)3(11)12;1-3-5-4-2/h(H,11,12);5H,3-4H2,1-2H3. The summed E-state index contributed by atoms with van der Waals surface area (Å²) >= 11 is 5.35. The average molecular weight is 305 g/mol. The zero-order valence-electron chi connectivity index (χ0n) is 9.68. The Hall–Kier alpha value is -0.860. The lowest BCUT2D eigenvalue weighted by Crippen LogP contribution is -2.82. The van der Waals surface area contributed by atoms with Crippen molar-refractivity contribution >= 4 is 28.9 Å². The molecule has 0 fully saturated rings. The number of nitrogens with zero attached hydrogens (tertiary/aromatic N) is 1. The van der Waals surface area contributed by atoms with E-state index in [1.54, 1.807) is 0 Å². The fourth-order valence-corrected chi connectivity index (χ4v) is 1.88. The molecule has 0 aliphatic heterocycles. The highest BCUT2D eigenvalue weighted by Crippen LogP contribution is 2.35. The smallest absolute Gasteiger partial charge is 0.434 e. The minimum atomic E-state index is -4.82. The quantitative estimate of drug-likeness (QED) is 0.896. The van der Waals surface area contributed by atoms with Gasteiger partial charge in [0.05, 0.1) is 23.9 Å². The monoisotopic (exact) mass is 304 g/mol. The minimum Gasteiger partial charge on any atom is -0.544 e. The number of alkyl halides is 3. The maximum absolute atomic E-state index is 12.0. The third-order valence-electron chi connectivity index (χ3n) is 1.63. The van der Waals surface area contributed by atoms with Gasteiger partial charge in [0.2, 0.25) is 0 Å². The van der Waals surface area contributed by atoms with E-state index >= 15 is 0 Å². The highest BCUT2D eigenvalue weighted by Gasteiger charge is 2.37. The number of aromatic carboxylic acids is 1. The van der Waals surface area contributed by atoms with Crippen molar-refractivity contribution in [3.63, 3.8) is 0 Å². The molecule has 104 valence electrons. The normalized spacial score (nSPS) is 10.8. The predicted octanol–water partition coefficient (Wildman–Crippen LogP) is 0.768. The summed E-state index contributed by atoms with van der Waals surface area (Å²) < 4.78 is 35.6. The van der Waals surface area contributed by atoms with Crippen LogP contribution in [0.5, 0.6) is 0 Å². The van der Waals surface area contributed by atoms with Crippen LogP contribution in [0.15, 0.2) is 0 Å². The Bertz CT molecular complexity index is 394. The predicted molar refractivity (Wildman–Crippen MR) is 59.5 cm³/mol. The number of halogens is 4. The molecule has 0 aromatic carbocycles. The van der Waals surface area contributed by atoms with Crippen molar-refractivity contribution in [3.05, 3.63) is 15.0 Å². The molecule has 1 rings (SSSR count). The van der Waals surface area contributed by atoms with Crippen LogP contribution in [-0.4, -0.2) is 24.0 Å². The topological polar surface area (TPSA) is 69.6 Å². The minimum absolute atomic E-state index is 0.222. The fraction of sp³-hybridized carbons (Fsp3) is 0.556. The fourth-order valence-electron chi connectivity index (χ4n) is 0.913. The third-order valence-corrected chi connectivity index (χ3v) is 2.77. The van der Waals surface area contributed by atoms with Crippen molar-refractivity contribution in [1.82, 2.24) is 4.98 Å². The lowest BCUT2D eigenvalue weighted by atomic mass is 10.3. The van der Waals surface area contributed by atoms with Gasteiger partial charge in [0.25, 0.3) is 0 Å². The van der Waals surface area contributed by atoms with E-state index in [0.717, 1.165) is 0 Å². The van der Waals surface area contributed by atoms with E-state index in [4.69, 9.17) is 11.6 Å². The summed E-state index contributed by atoms with van der Waals surface area (Å²) in [6.07, 6.45) is -4.82. The number of thiazole rings is 1. The first-order valence-corrected chi connectivity index (χ1v) is 6.19. The number of quaternary nitrogens is 1. The Balaban J connectivity index is 0.000000494. The van der Waals surface area contributed by atoms with E-state index in [1.165, 1.54) is 13.1 Å². The molecule has 0 aliphatic carbocycles. The molecule has 0 spiro atoms. The van der Waals surface area contributed by atoms with Gasteiger partial charge in [-0.25, -0.2) is 4.98 Å². The molecule has 0 radical (unpaired) electrons. The van der Waals surface area contributed by atoms with Crippen LogP contribution in [0.2, 0.25) is 4.47 Å². The molecule has 0 aliphatic rings. The maximum Gasteiger partial charge on any atom is 0.434 e. The molecule has 1 heterocycles. The van der Waals surface area contributed by atoms with Crippen molar-refractivity contribution in [2.45, 2.75) is 20.0 Å². The van der Waals surface area contributed by atoms with Gasteiger partial charge in [-0.3, -0.25) is 0 Å². The number of carbonyl (C=O) groups excluding carboxylic acids is 1. The molecule has 0 amide bonds. The van der Waals surface area contributed by atoms with Crippen molar-refractivity contribution in [2.75, 3.05) is 13.1 Å². The molecule has 0 saturated heterocycles. The maximum atomic E-state index is 12.0. The van der Waals surface area contributed by atoms with Crippen molar-refractivity contribution in [3.8, 4) is 0 Å². The summed E-state index contributed by atoms with van der Waals surface area (Å²) in [5.74, 6) is -1.93. The van der Waals surface area contributed by atoms with Gasteiger partial charge >= 0.3 is 6.18 Å². The third kappa shape index (κ3) is 5.65. The molecule has 0 saturated carbocycles. The largest absolute Gasteiger partial charge is 0.544 e. The first-order valence-electron chi connectivity index (χ1n) is 5.00. The zero-order chi connectivity index (χ0) is 14.3. The first-order chi connectivity index (χ1) is 8.23. The lowest BCUT2D eigenvalue weighted by molar-refractivity contribution is -0.648. The second-order valence-electron chi connectivity index (χ2n) is 3.03. The van der Waals surface area contributed by atoms with Crippen LogP contribution in [0.25, 0.3) is 0 Å². The second-order valence-corrected chi connectivity index (χ2v) is 4.62. The Morgan fingerprint density at radius 1 is 1.44 bits per heavy atom. The second kappa shape index (κ2) is 7.55. The van der Waals surface area contributed by atoms with E-state index in [-0.39, 0.29) is 11.3 Å². The van der Waals surface area contributed by atoms with Crippen LogP contribution < -0.4 is 10.4 Å². The van der Waals surface area contributed by atoms with Gasteiger partial charge in [0.15, 0.2) is 10.2 Å². The molecule has 1 aromatic heterocycles. The number of aromatic nitrogens is 1. The highest BCUT2D eigenvalue weighted by molar-refractivity contribution is 7.17. The molecule has 1 aromatic rings. The van der Waals surface area contributed by atoms with E-state index in [9.17, 15) is 23.1 Å². The van der Waals surface area contributed by atoms with Crippen LogP contribution >= 0.6 is 22.9 Å². The summed E-state index contributed by atoms with van der Waals surface area (Å²) in [6.45, 7) is 6.75. The lowest BCUT2D eigenvalue weighted by Gasteiger charge is -2.05. The van der Waals surface area contributed by atoms with Gasteiger partial charge in [0, 0.05) is 0 Å². The van der Waals surface area contributed by atoms with Crippen molar-refractivity contribution < 1.29 is 28.4 Å². The van der Waals surface area contributed by atoms with E-state index in [1.807, 2.05) is 0 Å². The van der Waals surface area contributed by atoms with Crippen LogP contribution in [0.1, 0.15) is 29.2 Å². The van der Waals surface area contributed by atoms with Gasteiger partial charge in [-0.1, -0.05) is 11.6 Å². The molecule has 0 bridgehead atoms. The summed E-state index contributed by atoms with van der Waals surface area (Å²) in [5, 5.41) is 12.4. The van der Waals surface area contributed by atoms with Gasteiger partial charge in [-0.2, -0.15) is 13.2 Å². The molecular formula is C9H12ClF3N2O2S. The first kappa shape index (κ1) is 17.1. The van der Waals surface area contributed by atoms with Gasteiger partial charge in [0.1, 0.15) is 0 Å². The Morgan fingerprint density at radius 2 is 1.94 bits per heavy atom. The van der Waals surface area contributed by atoms with Crippen molar-refractivity contribution in [1.29, 1.82) is 0 Å². The highest BCUT2D eigenvalue weighted by atomic mass is 35.5. The number of hydrogen-bond acceptors (Lipinski definition) is 4. The number of carboxylic acids is 1. The van der Waals surface area contributed by atoms with Crippen LogP contribution in [-0.2, 0) is 6.18 Å². The number of carboxylic acid groups (broad SMARTS) is 1. The van der Waals surface area contributed by atoms with Gasteiger partial charge in [-0.05, 0) is 13.8 Å². The van der Waals surface area contributed by atoms with E-state index in [2.05, 4.69) is 24.1 Å². The zero-order valence-corrected chi connectivity index (χ0v) is 11.2. The van der Waals surface area contributed by atoms with Crippen LogP contribution in [0, 0.1) is 0 Å². The van der Waals surface area contributed by atoms with E-state index in [0.29, 0.717) is 0 Å². The van der Waals surface area contributed by atoms with Crippen LogP contribution in [0.3, 0.4) is 0 Å². The van der Waals surface area contributed by atoms with E-state index < -0.39 is 27.2 Å². The number of nitrogens with two attached hydrogens (primary N) is 1. The summed E-state index contributed by atoms with van der Waals surface area (Å²) in [5.41, 5.74) is -1.51. The molecule has 18 heavy (non-hydrogen) atoms. The molecule has 0 unspecified atom stereocenters.